The molecule has 21 heavy (non-hydrogen) atoms. The van der Waals surface area contributed by atoms with Gasteiger partial charge in [0, 0.05) is 31.1 Å². The number of ether oxygens (including phenoxy) is 2. The second-order valence-corrected chi connectivity index (χ2v) is 5.80. The number of carbonyl (C=O) groups is 1. The summed E-state index contributed by atoms with van der Waals surface area (Å²) in [6, 6.07) is 5.29. The average Bonchev–Trinajstić information content (AvgIpc) is 2.43. The highest BCUT2D eigenvalue weighted by Gasteiger charge is 2.18. The van der Waals surface area contributed by atoms with E-state index in [2.05, 4.69) is 24.5 Å². The summed E-state index contributed by atoms with van der Waals surface area (Å²) in [5.74, 6) is 2.17. The van der Waals surface area contributed by atoms with E-state index in [1.54, 1.807) is 25.3 Å². The third-order valence-corrected chi connectivity index (χ3v) is 3.42. The van der Waals surface area contributed by atoms with Crippen molar-refractivity contribution in [1.29, 1.82) is 0 Å². The molecule has 1 aromatic carbocycles. The van der Waals surface area contributed by atoms with Crippen molar-refractivity contribution in [1.82, 2.24) is 10.6 Å². The van der Waals surface area contributed by atoms with Crippen LogP contribution < -0.4 is 20.1 Å². The Bertz CT molecular complexity index is 484. The number of nitrogens with one attached hydrogen (secondary N) is 2. The van der Waals surface area contributed by atoms with Gasteiger partial charge in [0.1, 0.15) is 0 Å². The molecular formula is C16H24N2O3. The highest BCUT2D eigenvalue weighted by molar-refractivity contribution is 5.94. The van der Waals surface area contributed by atoms with E-state index in [1.807, 2.05) is 0 Å². The molecule has 1 heterocycles. The van der Waals surface area contributed by atoms with Gasteiger partial charge in [0.2, 0.25) is 0 Å². The van der Waals surface area contributed by atoms with E-state index in [0.717, 1.165) is 13.1 Å². The van der Waals surface area contributed by atoms with Gasteiger partial charge in [-0.2, -0.15) is 0 Å². The standard InChI is InChI=1S/C16H24N2O3/c1-11(2)10-21-14-5-4-13(6-15(14)20-3)16(19)18-9-12-7-17-8-12/h4-6,11-12,17H,7-10H2,1-3H3,(H,18,19). The Labute approximate surface area is 126 Å². The van der Waals surface area contributed by atoms with Crippen LogP contribution in [0.15, 0.2) is 18.2 Å². The molecule has 0 atom stereocenters. The summed E-state index contributed by atoms with van der Waals surface area (Å²) in [6.45, 7) is 7.46. The lowest BCUT2D eigenvalue weighted by molar-refractivity contribution is 0.0941. The molecule has 0 radical (unpaired) electrons. The molecule has 1 saturated heterocycles. The smallest absolute Gasteiger partial charge is 0.251 e. The summed E-state index contributed by atoms with van der Waals surface area (Å²) in [6.07, 6.45) is 0. The van der Waals surface area contributed by atoms with E-state index in [-0.39, 0.29) is 5.91 Å². The van der Waals surface area contributed by atoms with Gasteiger partial charge in [-0.05, 0) is 24.1 Å². The number of hydrogen-bond donors (Lipinski definition) is 2. The molecule has 1 amide bonds. The monoisotopic (exact) mass is 292 g/mol. The van der Waals surface area contributed by atoms with Crippen molar-refractivity contribution in [2.45, 2.75) is 13.8 Å². The van der Waals surface area contributed by atoms with E-state index in [4.69, 9.17) is 9.47 Å². The molecule has 1 aliphatic rings. The number of benzene rings is 1. The van der Waals surface area contributed by atoms with Crippen molar-refractivity contribution in [3.8, 4) is 11.5 Å². The maximum atomic E-state index is 12.1. The van der Waals surface area contributed by atoms with E-state index in [1.165, 1.54) is 0 Å². The Kier molecular flexibility index (Phi) is 5.44. The van der Waals surface area contributed by atoms with Gasteiger partial charge >= 0.3 is 0 Å². The zero-order valence-electron chi connectivity index (χ0n) is 12.9. The summed E-state index contributed by atoms with van der Waals surface area (Å²) in [5.41, 5.74) is 0.594. The molecule has 1 aliphatic heterocycles. The predicted molar refractivity (Wildman–Crippen MR) is 82.0 cm³/mol. The molecular weight excluding hydrogens is 268 g/mol. The molecule has 0 aromatic heterocycles. The lowest BCUT2D eigenvalue weighted by atomic mass is 10.0. The fraction of sp³-hybridized carbons (Fsp3) is 0.562. The largest absolute Gasteiger partial charge is 0.493 e. The van der Waals surface area contributed by atoms with E-state index in [0.29, 0.717) is 42.0 Å². The van der Waals surface area contributed by atoms with Crippen LogP contribution in [-0.4, -0.2) is 39.3 Å². The second kappa shape index (κ2) is 7.31. The first-order chi connectivity index (χ1) is 10.1. The van der Waals surface area contributed by atoms with Gasteiger partial charge in [0.05, 0.1) is 13.7 Å². The highest BCUT2D eigenvalue weighted by atomic mass is 16.5. The number of methoxy groups -OCH3 is 1. The number of rotatable bonds is 7. The predicted octanol–water partition coefficient (Wildman–Crippen LogP) is 1.68. The number of hydrogen-bond acceptors (Lipinski definition) is 4. The molecule has 2 N–H and O–H groups in total. The molecule has 0 saturated carbocycles. The Morgan fingerprint density at radius 2 is 2.14 bits per heavy atom. The summed E-state index contributed by atoms with van der Waals surface area (Å²) >= 11 is 0. The third kappa shape index (κ3) is 4.36. The van der Waals surface area contributed by atoms with Gasteiger partial charge in [-0.25, -0.2) is 0 Å². The fourth-order valence-corrected chi connectivity index (χ4v) is 2.02. The molecule has 0 aliphatic carbocycles. The van der Waals surface area contributed by atoms with Gasteiger partial charge in [-0.15, -0.1) is 0 Å². The number of amides is 1. The molecule has 116 valence electrons. The summed E-state index contributed by atoms with van der Waals surface area (Å²) in [7, 11) is 1.58. The van der Waals surface area contributed by atoms with Gasteiger partial charge in [-0.3, -0.25) is 4.79 Å². The lowest BCUT2D eigenvalue weighted by Crippen LogP contribution is -2.48. The van der Waals surface area contributed by atoms with Crippen molar-refractivity contribution in [2.75, 3.05) is 33.4 Å². The maximum Gasteiger partial charge on any atom is 0.251 e. The molecule has 1 fully saturated rings. The first-order valence-corrected chi connectivity index (χ1v) is 7.40. The van der Waals surface area contributed by atoms with Crippen molar-refractivity contribution >= 4 is 5.91 Å². The Morgan fingerprint density at radius 1 is 1.38 bits per heavy atom. The lowest BCUT2D eigenvalue weighted by Gasteiger charge is -2.27. The quantitative estimate of drug-likeness (QED) is 0.803. The Morgan fingerprint density at radius 3 is 2.71 bits per heavy atom. The van der Waals surface area contributed by atoms with Gasteiger partial charge in [0.25, 0.3) is 5.91 Å². The van der Waals surface area contributed by atoms with Crippen molar-refractivity contribution in [3.05, 3.63) is 23.8 Å². The minimum absolute atomic E-state index is 0.0735. The molecule has 5 nitrogen and oxygen atoms in total. The van der Waals surface area contributed by atoms with Crippen LogP contribution in [0.1, 0.15) is 24.2 Å². The SMILES string of the molecule is COc1cc(C(=O)NCC2CNC2)ccc1OCC(C)C. The average molecular weight is 292 g/mol. The van der Waals surface area contributed by atoms with Crippen LogP contribution >= 0.6 is 0 Å². The van der Waals surface area contributed by atoms with Gasteiger partial charge in [-0.1, -0.05) is 13.8 Å². The first-order valence-electron chi connectivity index (χ1n) is 7.40. The normalized spacial score (nSPS) is 14.7. The Balaban J connectivity index is 1.97. The van der Waals surface area contributed by atoms with Crippen LogP contribution in [0.2, 0.25) is 0 Å². The van der Waals surface area contributed by atoms with Crippen molar-refractivity contribution < 1.29 is 14.3 Å². The van der Waals surface area contributed by atoms with E-state index < -0.39 is 0 Å². The molecule has 1 aromatic rings. The van der Waals surface area contributed by atoms with Crippen LogP contribution in [-0.2, 0) is 0 Å². The van der Waals surface area contributed by atoms with Crippen molar-refractivity contribution in [3.63, 3.8) is 0 Å². The van der Waals surface area contributed by atoms with Crippen molar-refractivity contribution in [2.24, 2.45) is 11.8 Å². The maximum absolute atomic E-state index is 12.1. The van der Waals surface area contributed by atoms with Gasteiger partial charge < -0.3 is 20.1 Å². The second-order valence-electron chi connectivity index (χ2n) is 5.80. The van der Waals surface area contributed by atoms with Crippen LogP contribution in [0.3, 0.4) is 0 Å². The molecule has 2 rings (SSSR count). The number of carbonyl (C=O) groups excluding carboxylic acids is 1. The van der Waals surface area contributed by atoms with Gasteiger partial charge in [0.15, 0.2) is 11.5 Å². The molecule has 5 heteroatoms. The zero-order valence-corrected chi connectivity index (χ0v) is 12.9. The van der Waals surface area contributed by atoms with Crippen LogP contribution in [0.5, 0.6) is 11.5 Å². The zero-order chi connectivity index (χ0) is 15.2. The van der Waals surface area contributed by atoms with E-state index in [9.17, 15) is 4.79 Å². The molecule has 0 bridgehead atoms. The fourth-order valence-electron chi connectivity index (χ4n) is 2.02. The minimum atomic E-state index is -0.0735. The van der Waals surface area contributed by atoms with Crippen LogP contribution in [0, 0.1) is 11.8 Å². The molecule has 0 unspecified atom stereocenters. The minimum Gasteiger partial charge on any atom is -0.493 e. The highest BCUT2D eigenvalue weighted by Crippen LogP contribution is 2.28. The summed E-state index contributed by atoms with van der Waals surface area (Å²) < 4.78 is 11.0. The Hall–Kier alpha value is -1.75. The summed E-state index contributed by atoms with van der Waals surface area (Å²) in [4.78, 5) is 12.1. The first kappa shape index (κ1) is 15.6. The van der Waals surface area contributed by atoms with E-state index >= 15 is 0 Å². The van der Waals surface area contributed by atoms with Crippen LogP contribution in [0.25, 0.3) is 0 Å². The van der Waals surface area contributed by atoms with Crippen LogP contribution in [0.4, 0.5) is 0 Å². The molecule has 0 spiro atoms. The summed E-state index contributed by atoms with van der Waals surface area (Å²) in [5, 5.41) is 6.13. The third-order valence-electron chi connectivity index (χ3n) is 3.42. The topological polar surface area (TPSA) is 59.6 Å².